The molecular weight excluding hydrogens is 316 g/mol. The zero-order chi connectivity index (χ0) is 17.6. The molecule has 1 fully saturated rings. The molecule has 2 aromatic carbocycles. The summed E-state index contributed by atoms with van der Waals surface area (Å²) in [6.45, 7) is 1.86. The maximum Gasteiger partial charge on any atom is 0.258 e. The Morgan fingerprint density at radius 2 is 1.88 bits per heavy atom. The highest BCUT2D eigenvalue weighted by Gasteiger charge is 2.29. The highest BCUT2D eigenvalue weighted by atomic mass is 16.5. The fraction of sp³-hybridized carbons (Fsp3) is 0.300. The molecule has 3 rings (SSSR count). The molecule has 1 unspecified atom stereocenters. The highest BCUT2D eigenvalue weighted by molar-refractivity contribution is 5.94. The molecule has 2 N–H and O–H groups in total. The molecule has 0 spiro atoms. The Labute approximate surface area is 147 Å². The van der Waals surface area contributed by atoms with Gasteiger partial charge in [0.25, 0.3) is 5.91 Å². The van der Waals surface area contributed by atoms with E-state index < -0.39 is 0 Å². The number of ether oxygens (including phenoxy) is 1. The molecule has 2 aromatic rings. The first-order valence-electron chi connectivity index (χ1n) is 8.50. The molecular formula is C20H22N2O3. The van der Waals surface area contributed by atoms with Crippen LogP contribution in [0.4, 0.5) is 5.69 Å². The first kappa shape index (κ1) is 17.0. The van der Waals surface area contributed by atoms with Gasteiger partial charge in [0.1, 0.15) is 5.75 Å². The van der Waals surface area contributed by atoms with E-state index >= 15 is 0 Å². The van der Waals surface area contributed by atoms with Crippen LogP contribution in [0.25, 0.3) is 0 Å². The maximum absolute atomic E-state index is 12.1. The van der Waals surface area contributed by atoms with E-state index in [-0.39, 0.29) is 30.4 Å². The summed E-state index contributed by atoms with van der Waals surface area (Å²) in [6.07, 6.45) is 1.92. The summed E-state index contributed by atoms with van der Waals surface area (Å²) < 4.78 is 5.54. The van der Waals surface area contributed by atoms with E-state index in [1.54, 1.807) is 18.2 Å². The van der Waals surface area contributed by atoms with Crippen molar-refractivity contribution in [2.75, 3.05) is 11.9 Å². The molecule has 25 heavy (non-hydrogen) atoms. The third-order valence-electron chi connectivity index (χ3n) is 4.10. The van der Waals surface area contributed by atoms with Gasteiger partial charge >= 0.3 is 0 Å². The summed E-state index contributed by atoms with van der Waals surface area (Å²) in [5, 5.41) is 5.77. The Morgan fingerprint density at radius 1 is 1.12 bits per heavy atom. The molecule has 0 heterocycles. The first-order chi connectivity index (χ1) is 12.1. The molecule has 0 radical (unpaired) electrons. The number of carbonyl (C=O) groups is 2. The Morgan fingerprint density at radius 3 is 2.60 bits per heavy atom. The molecule has 2 amide bonds. The largest absolute Gasteiger partial charge is 0.484 e. The highest BCUT2D eigenvalue weighted by Crippen LogP contribution is 2.30. The predicted molar refractivity (Wildman–Crippen MR) is 96.3 cm³/mol. The third kappa shape index (κ3) is 5.08. The number of rotatable bonds is 7. The SMILES string of the molecule is CC(NC(=O)COc1cccc(NC(=O)C2CC2)c1)c1ccccc1. The minimum atomic E-state index is -0.191. The molecule has 5 heteroatoms. The van der Waals surface area contributed by atoms with E-state index in [4.69, 9.17) is 4.74 Å². The second-order valence-electron chi connectivity index (χ2n) is 6.28. The summed E-state index contributed by atoms with van der Waals surface area (Å²) >= 11 is 0. The lowest BCUT2D eigenvalue weighted by atomic mass is 10.1. The number of hydrogen-bond donors (Lipinski definition) is 2. The van der Waals surface area contributed by atoms with Gasteiger partial charge in [0.05, 0.1) is 6.04 Å². The molecule has 0 aliphatic heterocycles. The van der Waals surface area contributed by atoms with Gasteiger partial charge in [0, 0.05) is 17.7 Å². The summed E-state index contributed by atoms with van der Waals surface area (Å²) in [6, 6.07) is 16.8. The Bertz CT molecular complexity index is 742. The Hall–Kier alpha value is -2.82. The van der Waals surface area contributed by atoms with Gasteiger partial charge in [-0.05, 0) is 37.5 Å². The summed E-state index contributed by atoms with van der Waals surface area (Å²) in [7, 11) is 0. The predicted octanol–water partition coefficient (Wildman–Crippen LogP) is 3.29. The number of benzene rings is 2. The number of anilines is 1. The van der Waals surface area contributed by atoms with Gasteiger partial charge in [-0.1, -0.05) is 36.4 Å². The van der Waals surface area contributed by atoms with Crippen LogP contribution >= 0.6 is 0 Å². The molecule has 0 saturated heterocycles. The van der Waals surface area contributed by atoms with Gasteiger partial charge in [-0.25, -0.2) is 0 Å². The molecule has 130 valence electrons. The van der Waals surface area contributed by atoms with Crippen molar-refractivity contribution in [3.8, 4) is 5.75 Å². The smallest absolute Gasteiger partial charge is 0.258 e. The molecule has 0 bridgehead atoms. The van der Waals surface area contributed by atoms with Crippen LogP contribution in [0.3, 0.4) is 0 Å². The van der Waals surface area contributed by atoms with Crippen molar-refractivity contribution < 1.29 is 14.3 Å². The average molecular weight is 338 g/mol. The van der Waals surface area contributed by atoms with E-state index in [1.807, 2.05) is 43.3 Å². The summed E-state index contributed by atoms with van der Waals surface area (Å²) in [5.74, 6) is 0.557. The van der Waals surface area contributed by atoms with E-state index in [0.717, 1.165) is 18.4 Å². The Balaban J connectivity index is 1.49. The van der Waals surface area contributed by atoms with Gasteiger partial charge in [0.2, 0.25) is 5.91 Å². The first-order valence-corrected chi connectivity index (χ1v) is 8.50. The van der Waals surface area contributed by atoms with Crippen LogP contribution in [0.2, 0.25) is 0 Å². The summed E-state index contributed by atoms with van der Waals surface area (Å²) in [5.41, 5.74) is 1.73. The van der Waals surface area contributed by atoms with Crippen LogP contribution in [0.15, 0.2) is 54.6 Å². The van der Waals surface area contributed by atoms with Crippen molar-refractivity contribution in [2.24, 2.45) is 5.92 Å². The lowest BCUT2D eigenvalue weighted by Gasteiger charge is -2.15. The van der Waals surface area contributed by atoms with Crippen molar-refractivity contribution in [2.45, 2.75) is 25.8 Å². The second kappa shape index (κ2) is 7.83. The van der Waals surface area contributed by atoms with Crippen molar-refractivity contribution in [3.05, 3.63) is 60.2 Å². The number of amides is 2. The van der Waals surface area contributed by atoms with Crippen LogP contribution < -0.4 is 15.4 Å². The van der Waals surface area contributed by atoms with Crippen molar-refractivity contribution in [3.63, 3.8) is 0 Å². The lowest BCUT2D eigenvalue weighted by Crippen LogP contribution is -2.31. The fourth-order valence-electron chi connectivity index (χ4n) is 2.51. The molecule has 1 aliphatic carbocycles. The second-order valence-corrected chi connectivity index (χ2v) is 6.28. The molecule has 1 atom stereocenters. The van der Waals surface area contributed by atoms with Gasteiger partial charge < -0.3 is 15.4 Å². The van der Waals surface area contributed by atoms with Crippen LogP contribution in [0, 0.1) is 5.92 Å². The maximum atomic E-state index is 12.1. The van der Waals surface area contributed by atoms with Gasteiger partial charge in [-0.3, -0.25) is 9.59 Å². The average Bonchev–Trinajstić information content (AvgIpc) is 3.46. The molecule has 1 saturated carbocycles. The third-order valence-corrected chi connectivity index (χ3v) is 4.10. The van der Waals surface area contributed by atoms with Crippen molar-refractivity contribution >= 4 is 17.5 Å². The lowest BCUT2D eigenvalue weighted by molar-refractivity contribution is -0.123. The minimum Gasteiger partial charge on any atom is -0.484 e. The van der Waals surface area contributed by atoms with Gasteiger partial charge in [-0.2, -0.15) is 0 Å². The van der Waals surface area contributed by atoms with Crippen LogP contribution in [0.1, 0.15) is 31.4 Å². The number of hydrogen-bond acceptors (Lipinski definition) is 3. The normalized spacial score (nSPS) is 14.4. The number of nitrogens with one attached hydrogen (secondary N) is 2. The standard InChI is InChI=1S/C20H22N2O3/c1-14(15-6-3-2-4-7-15)21-19(23)13-25-18-9-5-8-17(12-18)22-20(24)16-10-11-16/h2-9,12,14,16H,10-11,13H2,1H3,(H,21,23)(H,22,24). The zero-order valence-electron chi connectivity index (χ0n) is 14.2. The minimum absolute atomic E-state index is 0.0478. The molecule has 1 aliphatic rings. The van der Waals surface area contributed by atoms with E-state index in [0.29, 0.717) is 11.4 Å². The van der Waals surface area contributed by atoms with Crippen LogP contribution in [0.5, 0.6) is 5.75 Å². The summed E-state index contributed by atoms with van der Waals surface area (Å²) in [4.78, 5) is 23.8. The van der Waals surface area contributed by atoms with Gasteiger partial charge in [0.15, 0.2) is 6.61 Å². The quantitative estimate of drug-likeness (QED) is 0.814. The number of carbonyl (C=O) groups excluding carboxylic acids is 2. The van der Waals surface area contributed by atoms with E-state index in [1.165, 1.54) is 0 Å². The van der Waals surface area contributed by atoms with Crippen LogP contribution in [-0.4, -0.2) is 18.4 Å². The topological polar surface area (TPSA) is 67.4 Å². The Kier molecular flexibility index (Phi) is 5.33. The van der Waals surface area contributed by atoms with Crippen molar-refractivity contribution in [1.29, 1.82) is 0 Å². The monoisotopic (exact) mass is 338 g/mol. The van der Waals surface area contributed by atoms with Crippen molar-refractivity contribution in [1.82, 2.24) is 5.32 Å². The zero-order valence-corrected chi connectivity index (χ0v) is 14.2. The van der Waals surface area contributed by atoms with E-state index in [9.17, 15) is 9.59 Å². The fourth-order valence-corrected chi connectivity index (χ4v) is 2.51. The molecule has 0 aromatic heterocycles. The van der Waals surface area contributed by atoms with E-state index in [2.05, 4.69) is 10.6 Å². The van der Waals surface area contributed by atoms with Crippen LogP contribution in [-0.2, 0) is 9.59 Å². The molecule has 5 nitrogen and oxygen atoms in total. The van der Waals surface area contributed by atoms with Gasteiger partial charge in [-0.15, -0.1) is 0 Å².